The Morgan fingerprint density at radius 3 is 2.44 bits per heavy atom. The topological polar surface area (TPSA) is 69.7 Å². The largest absolute Gasteiger partial charge is 0.354 e. The van der Waals surface area contributed by atoms with Gasteiger partial charge in [-0.3, -0.25) is 24.2 Å². The number of nitrogens with one attached hydrogen (secondary N) is 1. The lowest BCUT2D eigenvalue weighted by Gasteiger charge is -2.33. The van der Waals surface area contributed by atoms with Crippen molar-refractivity contribution in [2.75, 3.05) is 28.6 Å². The number of nitrogens with zero attached hydrogens (tertiary/aromatic N) is 2. The van der Waals surface area contributed by atoms with E-state index in [-0.39, 0.29) is 30.0 Å². The fraction of sp³-hybridized carbons (Fsp3) is 0.222. The highest BCUT2D eigenvalue weighted by Crippen LogP contribution is 2.55. The summed E-state index contributed by atoms with van der Waals surface area (Å²) in [5, 5.41) is 2.93. The second-order valence-corrected chi connectivity index (χ2v) is 9.66. The van der Waals surface area contributed by atoms with Gasteiger partial charge in [-0.05, 0) is 37.1 Å². The van der Waals surface area contributed by atoms with E-state index in [9.17, 15) is 14.4 Å². The first kappa shape index (κ1) is 22.2. The van der Waals surface area contributed by atoms with Gasteiger partial charge in [0.2, 0.25) is 16.7 Å². The normalized spacial score (nSPS) is 19.1. The van der Waals surface area contributed by atoms with Crippen molar-refractivity contribution in [1.29, 1.82) is 0 Å². The number of benzene rings is 3. The maximum absolute atomic E-state index is 13.9. The predicted molar refractivity (Wildman–Crippen MR) is 135 cm³/mol. The van der Waals surface area contributed by atoms with E-state index in [1.165, 1.54) is 16.7 Å². The molecule has 0 aliphatic carbocycles. The summed E-state index contributed by atoms with van der Waals surface area (Å²) in [6.45, 7) is 2.37. The molecule has 7 heteroatoms. The molecule has 1 N–H and O–H groups in total. The molecule has 34 heavy (non-hydrogen) atoms. The third-order valence-corrected chi connectivity index (χ3v) is 7.62. The third kappa shape index (κ3) is 3.76. The standard InChI is InChI=1S/C27H25N3O3S/c1-19-11-13-21(14-12-19)30-25(32)18-34-27(30)22-9-5-6-10-23(22)29(26(27)33)17-24(31)28-16-15-20-7-3-2-4-8-20/h2-14H,15-18H2,1H3,(H,28,31)/t27-/m0/s1. The zero-order chi connectivity index (χ0) is 23.7. The zero-order valence-corrected chi connectivity index (χ0v) is 19.7. The number of hydrogen-bond acceptors (Lipinski definition) is 4. The molecule has 0 unspecified atom stereocenters. The van der Waals surface area contributed by atoms with E-state index < -0.39 is 4.87 Å². The van der Waals surface area contributed by atoms with Crippen LogP contribution in [-0.2, 0) is 25.7 Å². The molecule has 6 nitrogen and oxygen atoms in total. The molecule has 2 heterocycles. The second-order valence-electron chi connectivity index (χ2n) is 8.49. The van der Waals surface area contributed by atoms with Gasteiger partial charge in [0.1, 0.15) is 6.54 Å². The van der Waals surface area contributed by atoms with Gasteiger partial charge in [-0.1, -0.05) is 66.2 Å². The molecule has 1 atom stereocenters. The van der Waals surface area contributed by atoms with E-state index >= 15 is 0 Å². The van der Waals surface area contributed by atoms with E-state index in [1.807, 2.05) is 85.8 Å². The molecule has 3 aromatic rings. The predicted octanol–water partition coefficient (Wildman–Crippen LogP) is 3.63. The van der Waals surface area contributed by atoms with Crippen molar-refractivity contribution in [1.82, 2.24) is 5.32 Å². The summed E-state index contributed by atoms with van der Waals surface area (Å²) in [5.74, 6) is -0.410. The van der Waals surface area contributed by atoms with Crippen LogP contribution in [-0.4, -0.2) is 36.6 Å². The fourth-order valence-corrected chi connectivity index (χ4v) is 5.96. The molecular formula is C27H25N3O3S. The smallest absolute Gasteiger partial charge is 0.269 e. The summed E-state index contributed by atoms with van der Waals surface area (Å²) < 4.78 is 0. The Hall–Kier alpha value is -3.58. The van der Waals surface area contributed by atoms with Crippen molar-refractivity contribution >= 4 is 40.9 Å². The molecule has 2 aliphatic heterocycles. The van der Waals surface area contributed by atoms with Gasteiger partial charge in [0, 0.05) is 17.8 Å². The first-order valence-corrected chi connectivity index (χ1v) is 12.2. The number of rotatable bonds is 6. The number of hydrogen-bond donors (Lipinski definition) is 1. The SMILES string of the molecule is Cc1ccc(N2C(=O)CS[C@@]23C(=O)N(CC(=O)NCCc2ccccc2)c2ccccc23)cc1. The molecule has 172 valence electrons. The van der Waals surface area contributed by atoms with Crippen molar-refractivity contribution in [3.05, 3.63) is 95.6 Å². The molecule has 0 aromatic heterocycles. The number of amides is 3. The van der Waals surface area contributed by atoms with Crippen molar-refractivity contribution in [2.45, 2.75) is 18.2 Å². The molecular weight excluding hydrogens is 446 g/mol. The maximum Gasteiger partial charge on any atom is 0.269 e. The first-order chi connectivity index (χ1) is 16.5. The number of fused-ring (bicyclic) bond motifs is 2. The Kier molecular flexibility index (Phi) is 5.87. The summed E-state index contributed by atoms with van der Waals surface area (Å²) >= 11 is 1.32. The van der Waals surface area contributed by atoms with Crippen LogP contribution in [0.4, 0.5) is 11.4 Å². The van der Waals surface area contributed by atoms with E-state index in [1.54, 1.807) is 4.90 Å². The minimum atomic E-state index is -1.20. The van der Waals surface area contributed by atoms with Gasteiger partial charge < -0.3 is 5.32 Å². The summed E-state index contributed by atoms with van der Waals surface area (Å²) in [7, 11) is 0. The first-order valence-electron chi connectivity index (χ1n) is 11.3. The molecule has 0 saturated carbocycles. The number of thioether (sulfide) groups is 1. The highest BCUT2D eigenvalue weighted by Gasteiger charge is 2.61. The number of carbonyl (C=O) groups excluding carboxylic acids is 3. The molecule has 0 bridgehead atoms. The van der Waals surface area contributed by atoms with E-state index in [0.717, 1.165) is 16.7 Å². The highest BCUT2D eigenvalue weighted by molar-refractivity contribution is 8.02. The van der Waals surface area contributed by atoms with Crippen LogP contribution in [0.5, 0.6) is 0 Å². The summed E-state index contributed by atoms with van der Waals surface area (Å²) in [5.41, 5.74) is 4.31. The van der Waals surface area contributed by atoms with Crippen LogP contribution >= 0.6 is 11.8 Å². The van der Waals surface area contributed by atoms with Gasteiger partial charge in [0.15, 0.2) is 0 Å². The van der Waals surface area contributed by atoms with Crippen molar-refractivity contribution in [2.24, 2.45) is 0 Å². The van der Waals surface area contributed by atoms with E-state index in [2.05, 4.69) is 5.32 Å². The number of carbonyl (C=O) groups is 3. The Morgan fingerprint density at radius 1 is 0.971 bits per heavy atom. The van der Waals surface area contributed by atoms with E-state index in [0.29, 0.717) is 24.3 Å². The van der Waals surface area contributed by atoms with Gasteiger partial charge in [-0.25, -0.2) is 0 Å². The lowest BCUT2D eigenvalue weighted by molar-refractivity contribution is -0.125. The lowest BCUT2D eigenvalue weighted by atomic mass is 10.0. The minimum Gasteiger partial charge on any atom is -0.354 e. The van der Waals surface area contributed by atoms with Gasteiger partial charge >= 0.3 is 0 Å². The number of para-hydroxylation sites is 1. The van der Waals surface area contributed by atoms with Crippen LogP contribution in [0.1, 0.15) is 16.7 Å². The summed E-state index contributed by atoms with van der Waals surface area (Å²) in [6, 6.07) is 25.0. The van der Waals surface area contributed by atoms with Crippen LogP contribution in [0, 0.1) is 6.92 Å². The molecule has 1 saturated heterocycles. The maximum atomic E-state index is 13.9. The average Bonchev–Trinajstić information content (AvgIpc) is 3.31. The van der Waals surface area contributed by atoms with Crippen LogP contribution in [0.3, 0.4) is 0 Å². The lowest BCUT2D eigenvalue weighted by Crippen LogP contribution is -2.51. The van der Waals surface area contributed by atoms with Gasteiger partial charge in [0.05, 0.1) is 11.4 Å². The second kappa shape index (κ2) is 8.99. The van der Waals surface area contributed by atoms with Crippen LogP contribution < -0.4 is 15.1 Å². The highest BCUT2D eigenvalue weighted by atomic mass is 32.2. The quantitative estimate of drug-likeness (QED) is 0.596. The number of aryl methyl sites for hydroxylation is 1. The summed E-state index contributed by atoms with van der Waals surface area (Å²) in [4.78, 5) is 41.7. The van der Waals surface area contributed by atoms with Crippen LogP contribution in [0.25, 0.3) is 0 Å². The fourth-order valence-electron chi connectivity index (χ4n) is 4.60. The molecule has 0 radical (unpaired) electrons. The van der Waals surface area contributed by atoms with Crippen LogP contribution in [0.15, 0.2) is 78.9 Å². The van der Waals surface area contributed by atoms with E-state index in [4.69, 9.17) is 0 Å². The molecule has 1 fully saturated rings. The monoisotopic (exact) mass is 471 g/mol. The van der Waals surface area contributed by atoms with Crippen LogP contribution in [0.2, 0.25) is 0 Å². The molecule has 3 amide bonds. The number of anilines is 2. The Morgan fingerprint density at radius 2 is 1.68 bits per heavy atom. The van der Waals surface area contributed by atoms with Crippen molar-refractivity contribution in [3.8, 4) is 0 Å². The molecule has 2 aliphatic rings. The third-order valence-electron chi connectivity index (χ3n) is 6.24. The Balaban J connectivity index is 1.40. The van der Waals surface area contributed by atoms with Crippen molar-refractivity contribution < 1.29 is 14.4 Å². The summed E-state index contributed by atoms with van der Waals surface area (Å²) in [6.07, 6.45) is 0.715. The molecule has 1 spiro atoms. The van der Waals surface area contributed by atoms with Gasteiger partial charge in [-0.2, -0.15) is 0 Å². The minimum absolute atomic E-state index is 0.0944. The van der Waals surface area contributed by atoms with Gasteiger partial charge in [-0.15, -0.1) is 11.8 Å². The Bertz CT molecular complexity index is 1250. The van der Waals surface area contributed by atoms with Crippen molar-refractivity contribution in [3.63, 3.8) is 0 Å². The molecule has 5 rings (SSSR count). The Labute approximate surface area is 202 Å². The molecule has 3 aromatic carbocycles. The average molecular weight is 472 g/mol. The zero-order valence-electron chi connectivity index (χ0n) is 18.9. The van der Waals surface area contributed by atoms with Gasteiger partial charge in [0.25, 0.3) is 5.91 Å².